The molecule has 0 saturated heterocycles. The fraction of sp³-hybridized carbons (Fsp3) is 0.167. The molecule has 0 atom stereocenters. The van der Waals surface area contributed by atoms with E-state index in [0.29, 0.717) is 17.9 Å². The Balaban J connectivity index is 1.64. The van der Waals surface area contributed by atoms with Crippen molar-refractivity contribution < 1.29 is 0 Å². The molecule has 23 heavy (non-hydrogen) atoms. The quantitative estimate of drug-likeness (QED) is 0.684. The van der Waals surface area contributed by atoms with Crippen LogP contribution in [-0.2, 0) is 6.42 Å². The molecule has 0 aliphatic carbocycles. The van der Waals surface area contributed by atoms with Gasteiger partial charge in [-0.1, -0.05) is 29.8 Å². The van der Waals surface area contributed by atoms with Gasteiger partial charge in [-0.05, 0) is 31.0 Å². The summed E-state index contributed by atoms with van der Waals surface area (Å²) >= 11 is 0. The van der Waals surface area contributed by atoms with Gasteiger partial charge in [-0.2, -0.15) is 0 Å². The highest BCUT2D eigenvalue weighted by atomic mass is 16.2. The summed E-state index contributed by atoms with van der Waals surface area (Å²) in [5.74, 6) is 0. The van der Waals surface area contributed by atoms with E-state index < -0.39 is 10.9 Å². The molecule has 0 aliphatic rings. The Morgan fingerprint density at radius 3 is 2.26 bits per heavy atom. The molecule has 0 fully saturated rings. The Labute approximate surface area is 133 Å². The predicted octanol–water partition coefficient (Wildman–Crippen LogP) is 2.38. The maximum atomic E-state index is 11.7. The predicted molar refractivity (Wildman–Crippen MR) is 92.2 cm³/mol. The zero-order chi connectivity index (χ0) is 16.2. The number of pyridine rings is 1. The summed E-state index contributed by atoms with van der Waals surface area (Å²) in [5, 5.41) is 6.04. The molecule has 5 nitrogen and oxygen atoms in total. The summed E-state index contributed by atoms with van der Waals surface area (Å²) in [5.41, 5.74) is 2.86. The van der Waals surface area contributed by atoms with Gasteiger partial charge in [-0.25, -0.2) is 0 Å². The van der Waals surface area contributed by atoms with Gasteiger partial charge in [0.05, 0.1) is 0 Å². The van der Waals surface area contributed by atoms with Crippen LogP contribution in [0, 0.1) is 6.92 Å². The molecule has 0 saturated carbocycles. The van der Waals surface area contributed by atoms with Crippen LogP contribution >= 0.6 is 0 Å². The average molecular weight is 307 g/mol. The van der Waals surface area contributed by atoms with Crippen molar-refractivity contribution in [1.82, 2.24) is 4.98 Å². The molecule has 2 N–H and O–H groups in total. The highest BCUT2D eigenvalue weighted by Crippen LogP contribution is 2.19. The summed E-state index contributed by atoms with van der Waals surface area (Å²) in [7, 11) is 0. The normalized spacial score (nSPS) is 10.7. The molecular weight excluding hydrogens is 290 g/mol. The van der Waals surface area contributed by atoms with Crippen molar-refractivity contribution in [3.8, 4) is 0 Å². The average Bonchev–Trinajstić information content (AvgIpc) is 2.59. The molecule has 0 aliphatic heterocycles. The van der Waals surface area contributed by atoms with Crippen molar-refractivity contribution in [2.45, 2.75) is 13.3 Å². The minimum atomic E-state index is -0.486. The number of nitrogens with zero attached hydrogens (tertiary/aromatic N) is 1. The van der Waals surface area contributed by atoms with E-state index in [1.165, 1.54) is 11.1 Å². The molecule has 5 heteroatoms. The first-order chi connectivity index (χ1) is 11.1. The molecule has 0 spiro atoms. The number of rotatable bonds is 6. The van der Waals surface area contributed by atoms with E-state index in [9.17, 15) is 9.59 Å². The second-order valence-electron chi connectivity index (χ2n) is 5.43. The van der Waals surface area contributed by atoms with Crippen molar-refractivity contribution >= 4 is 17.1 Å². The Hall–Kier alpha value is -2.95. The summed E-state index contributed by atoms with van der Waals surface area (Å²) in [6, 6.07) is 11.7. The highest BCUT2D eigenvalue weighted by molar-refractivity contribution is 5.78. The molecule has 1 heterocycles. The number of aryl methyl sites for hydroxylation is 1. The second-order valence-corrected chi connectivity index (χ2v) is 5.43. The van der Waals surface area contributed by atoms with E-state index in [4.69, 9.17) is 0 Å². The van der Waals surface area contributed by atoms with Crippen molar-refractivity contribution in [2.75, 3.05) is 17.2 Å². The molecule has 0 bridgehead atoms. The number of nitrogens with one attached hydrogen (secondary N) is 2. The fourth-order valence-electron chi connectivity index (χ4n) is 2.35. The van der Waals surface area contributed by atoms with Gasteiger partial charge in [0.1, 0.15) is 11.4 Å². The Morgan fingerprint density at radius 2 is 1.57 bits per heavy atom. The summed E-state index contributed by atoms with van der Waals surface area (Å²) in [6.45, 7) is 2.64. The lowest BCUT2D eigenvalue weighted by molar-refractivity contribution is 1.01. The first-order valence-corrected chi connectivity index (χ1v) is 7.45. The zero-order valence-corrected chi connectivity index (χ0v) is 12.8. The fourth-order valence-corrected chi connectivity index (χ4v) is 2.35. The maximum absolute atomic E-state index is 11.7. The van der Waals surface area contributed by atoms with Gasteiger partial charge in [0, 0.05) is 24.6 Å². The third-order valence-electron chi connectivity index (χ3n) is 3.70. The lowest BCUT2D eigenvalue weighted by atomic mass is 10.1. The first kappa shape index (κ1) is 15.0. The topological polar surface area (TPSA) is 71.1 Å². The van der Waals surface area contributed by atoms with Gasteiger partial charge in [-0.15, -0.1) is 0 Å². The third-order valence-corrected chi connectivity index (χ3v) is 3.70. The number of hydrogen-bond donors (Lipinski definition) is 2. The second kappa shape index (κ2) is 6.44. The van der Waals surface area contributed by atoms with Gasteiger partial charge in [0.15, 0.2) is 0 Å². The monoisotopic (exact) mass is 307 g/mol. The molecule has 0 unspecified atom stereocenters. The van der Waals surface area contributed by atoms with Crippen LogP contribution in [-0.4, -0.2) is 11.5 Å². The molecule has 1 aromatic heterocycles. The standard InChI is InChI=1S/C18H17N3O2/c1-12-2-4-13(5-3-12)6-11-20-15-16(18(23)17(15)22)21-14-7-9-19-10-8-14/h2-5,7-10,20H,6,11H2,1H3,(H,19,21). The van der Waals surface area contributed by atoms with E-state index in [1.54, 1.807) is 24.5 Å². The first-order valence-electron chi connectivity index (χ1n) is 7.45. The minimum absolute atomic E-state index is 0.324. The van der Waals surface area contributed by atoms with Crippen molar-refractivity contribution in [1.29, 1.82) is 0 Å². The highest BCUT2D eigenvalue weighted by Gasteiger charge is 2.20. The number of benzene rings is 1. The summed E-state index contributed by atoms with van der Waals surface area (Å²) in [6.07, 6.45) is 4.03. The Bertz CT molecular complexity index is 864. The zero-order valence-electron chi connectivity index (χ0n) is 12.8. The Kier molecular flexibility index (Phi) is 4.19. The van der Waals surface area contributed by atoms with E-state index in [0.717, 1.165) is 12.1 Å². The van der Waals surface area contributed by atoms with Crippen molar-refractivity contribution in [3.63, 3.8) is 0 Å². The van der Waals surface area contributed by atoms with Crippen LogP contribution in [0.2, 0.25) is 0 Å². The molecule has 2 aromatic carbocycles. The van der Waals surface area contributed by atoms with Crippen LogP contribution in [0.3, 0.4) is 0 Å². The number of anilines is 3. The molecule has 3 aromatic rings. The smallest absolute Gasteiger partial charge is 0.253 e. The lowest BCUT2D eigenvalue weighted by Crippen LogP contribution is -2.37. The number of aromatic nitrogens is 1. The van der Waals surface area contributed by atoms with Crippen LogP contribution in [0.4, 0.5) is 17.1 Å². The van der Waals surface area contributed by atoms with Crippen LogP contribution in [0.25, 0.3) is 0 Å². The SMILES string of the molecule is Cc1ccc(CCNc2c(Nc3ccncc3)c(=O)c2=O)cc1. The van der Waals surface area contributed by atoms with Crippen LogP contribution in [0.15, 0.2) is 58.4 Å². The summed E-state index contributed by atoms with van der Waals surface area (Å²) in [4.78, 5) is 27.4. The molecule has 0 radical (unpaired) electrons. The molecule has 116 valence electrons. The van der Waals surface area contributed by atoms with E-state index in [1.807, 2.05) is 6.92 Å². The third kappa shape index (κ3) is 3.29. The van der Waals surface area contributed by atoms with Crippen LogP contribution < -0.4 is 21.5 Å². The van der Waals surface area contributed by atoms with Gasteiger partial charge in [0.25, 0.3) is 10.9 Å². The van der Waals surface area contributed by atoms with Gasteiger partial charge >= 0.3 is 0 Å². The van der Waals surface area contributed by atoms with Crippen molar-refractivity contribution in [3.05, 3.63) is 80.4 Å². The maximum Gasteiger partial charge on any atom is 0.253 e. The van der Waals surface area contributed by atoms with E-state index in [2.05, 4.69) is 39.9 Å². The van der Waals surface area contributed by atoms with Gasteiger partial charge < -0.3 is 10.6 Å². The van der Waals surface area contributed by atoms with E-state index in [-0.39, 0.29) is 0 Å². The lowest BCUT2D eigenvalue weighted by Gasteiger charge is -2.14. The number of hydrogen-bond acceptors (Lipinski definition) is 5. The Morgan fingerprint density at radius 1 is 0.913 bits per heavy atom. The van der Waals surface area contributed by atoms with E-state index >= 15 is 0 Å². The van der Waals surface area contributed by atoms with Crippen LogP contribution in [0.1, 0.15) is 11.1 Å². The van der Waals surface area contributed by atoms with Gasteiger partial charge in [0.2, 0.25) is 0 Å². The summed E-state index contributed by atoms with van der Waals surface area (Å²) < 4.78 is 0. The van der Waals surface area contributed by atoms with Gasteiger partial charge in [-0.3, -0.25) is 14.6 Å². The minimum Gasteiger partial charge on any atom is -0.380 e. The van der Waals surface area contributed by atoms with Crippen molar-refractivity contribution in [2.24, 2.45) is 0 Å². The van der Waals surface area contributed by atoms with Crippen LogP contribution in [0.5, 0.6) is 0 Å². The molecule has 3 rings (SSSR count). The largest absolute Gasteiger partial charge is 0.380 e. The molecular formula is C18H17N3O2. The molecule has 0 amide bonds.